The molecule has 1 aliphatic carbocycles. The van der Waals surface area contributed by atoms with Crippen LogP contribution in [0.2, 0.25) is 0 Å². The number of aldehydes is 1. The van der Waals surface area contributed by atoms with E-state index < -0.39 is 71.7 Å². The summed E-state index contributed by atoms with van der Waals surface area (Å²) in [5, 5.41) is 2.75. The minimum atomic E-state index is -3.58. The van der Waals surface area contributed by atoms with Crippen LogP contribution in [0.5, 0.6) is 11.6 Å². The molecule has 3 heterocycles. The summed E-state index contributed by atoms with van der Waals surface area (Å²) in [6.45, 7) is 6.06. The van der Waals surface area contributed by atoms with Crippen molar-refractivity contribution in [3.8, 4) is 11.6 Å². The molecule has 6 atom stereocenters. The number of hydrogen-bond acceptors (Lipinski definition) is 9. The fourth-order valence-electron chi connectivity index (χ4n) is 6.27. The summed E-state index contributed by atoms with van der Waals surface area (Å²) in [6, 6.07) is 2.73. The van der Waals surface area contributed by atoms with Gasteiger partial charge in [-0.2, -0.15) is 8.78 Å². The predicted molar refractivity (Wildman–Crippen MR) is 155 cm³/mol. The molecule has 5 rings (SSSR count). The Bertz CT molecular complexity index is 1400. The topological polar surface area (TPSA) is 129 Å². The van der Waals surface area contributed by atoms with Gasteiger partial charge in [-0.15, -0.1) is 0 Å². The van der Waals surface area contributed by atoms with Crippen molar-refractivity contribution in [2.75, 3.05) is 26.9 Å². The minimum Gasteiger partial charge on any atom is -0.497 e. The molecule has 11 nitrogen and oxygen atoms in total. The number of amides is 2. The monoisotopic (exact) mass is 618 g/mol. The first-order valence-corrected chi connectivity index (χ1v) is 15.0. The van der Waals surface area contributed by atoms with Crippen LogP contribution in [-0.2, 0) is 25.0 Å². The Balaban J connectivity index is 1.56. The highest BCUT2D eigenvalue weighted by Gasteiger charge is 2.48. The van der Waals surface area contributed by atoms with Gasteiger partial charge in [0.05, 0.1) is 30.7 Å². The van der Waals surface area contributed by atoms with Crippen molar-refractivity contribution >= 4 is 29.3 Å². The summed E-state index contributed by atoms with van der Waals surface area (Å²) in [5.74, 6) is -4.70. The largest absolute Gasteiger partial charge is 0.497 e. The summed E-state index contributed by atoms with van der Waals surface area (Å²) in [7, 11) is 1.48. The van der Waals surface area contributed by atoms with Crippen molar-refractivity contribution in [2.45, 2.75) is 83.6 Å². The molecule has 2 aromatic rings. The average Bonchev–Trinajstić information content (AvgIpc) is 3.54. The SMILES string of the molecule is COc1ccc2nc3c(nc2c1)O[C@H]1CN(C(=O)[C@H](C(C)(C)C)NC(=O)O[C@@H]2CCC[C@H]2CCOCC3(F)F)[C@H](C=O)[C@@H]1C. The number of halogens is 2. The van der Waals surface area contributed by atoms with Crippen LogP contribution >= 0.6 is 0 Å². The number of rotatable bonds is 2. The van der Waals surface area contributed by atoms with Gasteiger partial charge in [-0.05, 0) is 49.1 Å². The van der Waals surface area contributed by atoms with Crippen LogP contribution in [0.4, 0.5) is 13.6 Å². The number of alkyl halides is 2. The van der Waals surface area contributed by atoms with E-state index in [1.165, 1.54) is 18.1 Å². The third kappa shape index (κ3) is 6.43. The molecule has 2 bridgehead atoms. The molecule has 2 fully saturated rings. The van der Waals surface area contributed by atoms with Crippen LogP contribution < -0.4 is 14.8 Å². The van der Waals surface area contributed by atoms with Crippen LogP contribution in [0.1, 0.15) is 59.1 Å². The fourth-order valence-corrected chi connectivity index (χ4v) is 6.27. The molecule has 1 saturated heterocycles. The number of benzene rings is 1. The molecule has 2 amide bonds. The molecule has 44 heavy (non-hydrogen) atoms. The lowest BCUT2D eigenvalue weighted by molar-refractivity contribution is -0.139. The number of hydrogen-bond donors (Lipinski definition) is 1. The molecule has 3 aliphatic rings. The third-order valence-electron chi connectivity index (χ3n) is 8.87. The van der Waals surface area contributed by atoms with E-state index in [2.05, 4.69) is 15.3 Å². The van der Waals surface area contributed by atoms with Gasteiger partial charge in [0.2, 0.25) is 11.8 Å². The zero-order chi connectivity index (χ0) is 31.8. The predicted octanol–water partition coefficient (Wildman–Crippen LogP) is 4.25. The van der Waals surface area contributed by atoms with Gasteiger partial charge in [0, 0.05) is 18.6 Å². The quantitative estimate of drug-likeness (QED) is 0.491. The Labute approximate surface area is 255 Å². The van der Waals surface area contributed by atoms with Crippen LogP contribution in [-0.4, -0.2) is 84.3 Å². The Hall–Kier alpha value is -3.61. The first-order chi connectivity index (χ1) is 20.8. The first-order valence-electron chi connectivity index (χ1n) is 15.0. The lowest BCUT2D eigenvalue weighted by Crippen LogP contribution is -2.56. The number of ether oxygens (including phenoxy) is 4. The Kier molecular flexibility index (Phi) is 8.97. The second-order valence-electron chi connectivity index (χ2n) is 13.0. The lowest BCUT2D eigenvalue weighted by Gasteiger charge is -2.35. The van der Waals surface area contributed by atoms with E-state index in [4.69, 9.17) is 18.9 Å². The number of carbonyl (C=O) groups is 3. The third-order valence-corrected chi connectivity index (χ3v) is 8.87. The smallest absolute Gasteiger partial charge is 0.408 e. The Morgan fingerprint density at radius 1 is 1.09 bits per heavy atom. The van der Waals surface area contributed by atoms with E-state index in [1.54, 1.807) is 39.8 Å². The van der Waals surface area contributed by atoms with Crippen molar-refractivity contribution < 1.29 is 42.1 Å². The van der Waals surface area contributed by atoms with Crippen molar-refractivity contribution in [1.82, 2.24) is 20.2 Å². The minimum absolute atomic E-state index is 0.0227. The van der Waals surface area contributed by atoms with Gasteiger partial charge in [-0.25, -0.2) is 14.8 Å². The van der Waals surface area contributed by atoms with Gasteiger partial charge in [0.25, 0.3) is 0 Å². The van der Waals surface area contributed by atoms with E-state index in [1.807, 2.05) is 0 Å². The van der Waals surface area contributed by atoms with E-state index in [-0.39, 0.29) is 30.1 Å². The van der Waals surface area contributed by atoms with Crippen molar-refractivity contribution in [3.63, 3.8) is 0 Å². The fraction of sp³-hybridized carbons (Fsp3) is 0.645. The van der Waals surface area contributed by atoms with Gasteiger partial charge < -0.3 is 34.0 Å². The van der Waals surface area contributed by atoms with Crippen molar-refractivity contribution in [2.24, 2.45) is 17.3 Å². The summed E-state index contributed by atoms with van der Waals surface area (Å²) < 4.78 is 54.3. The van der Waals surface area contributed by atoms with E-state index in [0.29, 0.717) is 24.9 Å². The highest BCUT2D eigenvalue weighted by atomic mass is 19.3. The maximum atomic E-state index is 15.8. The van der Waals surface area contributed by atoms with Crippen molar-refractivity contribution in [3.05, 3.63) is 23.9 Å². The van der Waals surface area contributed by atoms with Gasteiger partial charge in [-0.3, -0.25) is 4.79 Å². The molecule has 0 unspecified atom stereocenters. The second-order valence-corrected chi connectivity index (χ2v) is 13.0. The molecule has 0 radical (unpaired) electrons. The lowest BCUT2D eigenvalue weighted by atomic mass is 9.85. The normalized spacial score (nSPS) is 29.8. The number of carbonyl (C=O) groups excluding carboxylic acids is 3. The average molecular weight is 619 g/mol. The van der Waals surface area contributed by atoms with E-state index in [9.17, 15) is 14.4 Å². The zero-order valence-corrected chi connectivity index (χ0v) is 25.7. The number of aromatic nitrogens is 2. The molecule has 1 aromatic heterocycles. The van der Waals surface area contributed by atoms with Gasteiger partial charge in [0.1, 0.15) is 36.9 Å². The van der Waals surface area contributed by atoms with Crippen molar-refractivity contribution in [1.29, 1.82) is 0 Å². The molecular formula is C31H40F2N4O7. The van der Waals surface area contributed by atoms with Gasteiger partial charge in [0.15, 0.2) is 5.69 Å². The molecule has 0 spiro atoms. The highest BCUT2D eigenvalue weighted by molar-refractivity contribution is 5.89. The highest BCUT2D eigenvalue weighted by Crippen LogP contribution is 2.38. The van der Waals surface area contributed by atoms with Crippen LogP contribution in [0, 0.1) is 17.3 Å². The Morgan fingerprint density at radius 2 is 1.86 bits per heavy atom. The molecule has 1 aromatic carbocycles. The van der Waals surface area contributed by atoms with Crippen LogP contribution in [0.25, 0.3) is 11.0 Å². The second kappa shape index (κ2) is 12.4. The van der Waals surface area contributed by atoms with Crippen LogP contribution in [0.3, 0.4) is 0 Å². The summed E-state index contributed by atoms with van der Waals surface area (Å²) >= 11 is 0. The molecule has 1 saturated carbocycles. The van der Waals surface area contributed by atoms with Gasteiger partial charge >= 0.3 is 12.0 Å². The number of methoxy groups -OCH3 is 1. The number of alkyl carbamates (subject to hydrolysis) is 1. The Morgan fingerprint density at radius 3 is 2.57 bits per heavy atom. The summed E-state index contributed by atoms with van der Waals surface area (Å²) in [4.78, 5) is 49.4. The number of nitrogens with zero attached hydrogens (tertiary/aromatic N) is 3. The standard InChI is InChI=1S/C31H40F2N4O7/c1-17-22(15-38)37-14-24(17)43-27-25(34-20-10-9-19(41-5)13-21(20)35-27)31(32,33)16-42-12-11-18-7-6-8-23(18)44-29(40)36-26(28(37)39)30(2,3)4/h9-10,13,15,17-18,22-24,26H,6-8,11-12,14,16H2,1-5H3,(H,36,40)/t17-,18-,22+,23+,24-,26+/m0/s1. The number of nitrogens with one attached hydrogen (secondary N) is 1. The summed E-state index contributed by atoms with van der Waals surface area (Å²) in [5.41, 5.74) is -0.951. The first kappa shape index (κ1) is 31.8. The van der Waals surface area contributed by atoms with E-state index >= 15 is 8.78 Å². The van der Waals surface area contributed by atoms with Crippen LogP contribution in [0.15, 0.2) is 18.2 Å². The van der Waals surface area contributed by atoms with E-state index in [0.717, 1.165) is 12.8 Å². The maximum Gasteiger partial charge on any atom is 0.408 e. The van der Waals surface area contributed by atoms with Gasteiger partial charge in [-0.1, -0.05) is 27.7 Å². The number of fused-ring (bicyclic) bond motifs is 5. The molecule has 13 heteroatoms. The summed E-state index contributed by atoms with van der Waals surface area (Å²) in [6.07, 6.45) is 1.19. The molecular weight excluding hydrogens is 578 g/mol. The molecule has 1 N–H and O–H groups in total. The maximum absolute atomic E-state index is 15.8. The zero-order valence-electron chi connectivity index (χ0n) is 25.7. The molecule has 240 valence electrons. The molecule has 2 aliphatic heterocycles.